The summed E-state index contributed by atoms with van der Waals surface area (Å²) in [5.74, 6) is 1.30. The van der Waals surface area contributed by atoms with Crippen LogP contribution in [0.15, 0.2) is 42.2 Å². The highest BCUT2D eigenvalue weighted by Crippen LogP contribution is 2.37. The maximum atomic E-state index is 10.7. The van der Waals surface area contributed by atoms with E-state index in [1.165, 1.54) is 24.9 Å². The van der Waals surface area contributed by atoms with Gasteiger partial charge in [-0.2, -0.15) is 0 Å². The molecule has 31 heavy (non-hydrogen) atoms. The SMILES string of the molecule is COc1ccc(Cl)cc1N1CC(O)=C(c2nc3ccc(N4CCCCC4)cc3[nH]2)C1=N. The number of aliphatic hydroxyl groups is 1. The minimum absolute atomic E-state index is 0.0855. The number of imidazole rings is 1. The van der Waals surface area contributed by atoms with Crippen molar-refractivity contribution in [1.82, 2.24) is 9.97 Å². The lowest BCUT2D eigenvalue weighted by Crippen LogP contribution is -2.29. The summed E-state index contributed by atoms with van der Waals surface area (Å²) in [6.07, 6.45) is 3.72. The number of nitrogens with one attached hydrogen (secondary N) is 2. The number of nitrogens with zero attached hydrogens (tertiary/aromatic N) is 3. The number of aromatic amines is 1. The van der Waals surface area contributed by atoms with Crippen molar-refractivity contribution in [2.45, 2.75) is 19.3 Å². The van der Waals surface area contributed by atoms with Gasteiger partial charge in [-0.1, -0.05) is 11.6 Å². The Morgan fingerprint density at radius 2 is 1.94 bits per heavy atom. The number of hydrogen-bond donors (Lipinski definition) is 3. The molecule has 1 saturated heterocycles. The summed E-state index contributed by atoms with van der Waals surface area (Å²) < 4.78 is 5.43. The molecule has 7 nitrogen and oxygen atoms in total. The third kappa shape index (κ3) is 3.49. The highest BCUT2D eigenvalue weighted by molar-refractivity contribution is 6.32. The molecule has 0 radical (unpaired) electrons. The minimum atomic E-state index is 0.0855. The van der Waals surface area contributed by atoms with Crippen LogP contribution >= 0.6 is 11.6 Å². The zero-order valence-electron chi connectivity index (χ0n) is 17.3. The number of ether oxygens (including phenoxy) is 1. The van der Waals surface area contributed by atoms with Crippen molar-refractivity contribution in [3.05, 3.63) is 53.0 Å². The van der Waals surface area contributed by atoms with Crippen molar-refractivity contribution in [1.29, 1.82) is 5.41 Å². The van der Waals surface area contributed by atoms with Crippen LogP contribution in [0.4, 0.5) is 11.4 Å². The van der Waals surface area contributed by atoms with Gasteiger partial charge in [-0.05, 0) is 55.7 Å². The number of aliphatic hydroxyl groups excluding tert-OH is 1. The first-order valence-electron chi connectivity index (χ1n) is 10.4. The Hall–Kier alpha value is -3.19. The van der Waals surface area contributed by atoms with Gasteiger partial charge in [-0.25, -0.2) is 4.98 Å². The number of amidine groups is 1. The second-order valence-electron chi connectivity index (χ2n) is 7.91. The molecule has 0 saturated carbocycles. The van der Waals surface area contributed by atoms with E-state index in [0.29, 0.717) is 27.9 Å². The molecule has 0 atom stereocenters. The fourth-order valence-electron chi connectivity index (χ4n) is 4.37. The fourth-order valence-corrected chi connectivity index (χ4v) is 4.54. The number of halogens is 1. The third-order valence-electron chi connectivity index (χ3n) is 5.96. The van der Waals surface area contributed by atoms with Gasteiger partial charge in [0.05, 0.1) is 35.9 Å². The standard InChI is InChI=1S/C23H24ClN5O2/c1-31-20-8-5-14(24)11-18(20)29-13-19(30)21(22(29)25)23-26-16-7-6-15(12-17(16)27-23)28-9-3-2-4-10-28/h5-8,11-12,25,30H,2-4,9-10,13H2,1H3,(H,26,27). The van der Waals surface area contributed by atoms with Crippen molar-refractivity contribution < 1.29 is 9.84 Å². The van der Waals surface area contributed by atoms with Crippen LogP contribution in [0, 0.1) is 5.41 Å². The van der Waals surface area contributed by atoms with Crippen LogP contribution < -0.4 is 14.5 Å². The molecule has 3 aromatic rings. The average molecular weight is 438 g/mol. The zero-order chi connectivity index (χ0) is 21.5. The second kappa shape index (κ2) is 7.81. The van der Waals surface area contributed by atoms with Crippen molar-refractivity contribution in [2.75, 3.05) is 36.5 Å². The Kier molecular flexibility index (Phi) is 4.98. The average Bonchev–Trinajstić information content (AvgIpc) is 3.33. The van der Waals surface area contributed by atoms with Crippen molar-refractivity contribution in [3.8, 4) is 5.75 Å². The van der Waals surface area contributed by atoms with E-state index < -0.39 is 0 Å². The maximum absolute atomic E-state index is 10.7. The molecule has 0 aliphatic carbocycles. The van der Waals surface area contributed by atoms with Gasteiger partial charge < -0.3 is 24.6 Å². The predicted octanol–water partition coefficient (Wildman–Crippen LogP) is 4.98. The van der Waals surface area contributed by atoms with E-state index in [1.54, 1.807) is 30.2 Å². The Bertz CT molecular complexity index is 1200. The van der Waals surface area contributed by atoms with Gasteiger partial charge in [0.25, 0.3) is 0 Å². The number of fused-ring (bicyclic) bond motifs is 1. The van der Waals surface area contributed by atoms with E-state index in [1.807, 2.05) is 6.07 Å². The van der Waals surface area contributed by atoms with E-state index in [4.69, 9.17) is 21.7 Å². The largest absolute Gasteiger partial charge is 0.509 e. The minimum Gasteiger partial charge on any atom is -0.509 e. The first kappa shape index (κ1) is 19.8. The molecule has 0 spiro atoms. The number of aromatic nitrogens is 2. The van der Waals surface area contributed by atoms with Crippen LogP contribution in [-0.2, 0) is 0 Å². The lowest BCUT2D eigenvalue weighted by Gasteiger charge is -2.28. The molecule has 2 aliphatic heterocycles. The van der Waals surface area contributed by atoms with Crippen LogP contribution in [0.1, 0.15) is 25.1 Å². The van der Waals surface area contributed by atoms with Crippen LogP contribution in [0.2, 0.25) is 5.02 Å². The Labute approximate surface area is 185 Å². The van der Waals surface area contributed by atoms with E-state index >= 15 is 0 Å². The van der Waals surface area contributed by atoms with Crippen molar-refractivity contribution in [3.63, 3.8) is 0 Å². The summed E-state index contributed by atoms with van der Waals surface area (Å²) in [5, 5.41) is 20.0. The van der Waals surface area contributed by atoms with Gasteiger partial charge in [0.2, 0.25) is 0 Å². The molecule has 0 amide bonds. The van der Waals surface area contributed by atoms with Gasteiger partial charge in [-0.3, -0.25) is 5.41 Å². The second-order valence-corrected chi connectivity index (χ2v) is 8.34. The molecule has 160 valence electrons. The van der Waals surface area contributed by atoms with E-state index in [2.05, 4.69) is 27.0 Å². The van der Waals surface area contributed by atoms with Gasteiger partial charge in [0, 0.05) is 23.8 Å². The number of benzene rings is 2. The number of rotatable bonds is 4. The van der Waals surface area contributed by atoms with Crippen LogP contribution in [0.25, 0.3) is 16.6 Å². The number of methoxy groups -OCH3 is 1. The molecular weight excluding hydrogens is 414 g/mol. The van der Waals surface area contributed by atoms with Crippen molar-refractivity contribution in [2.24, 2.45) is 0 Å². The third-order valence-corrected chi connectivity index (χ3v) is 6.19. The summed E-state index contributed by atoms with van der Waals surface area (Å²) in [5.41, 5.74) is 3.89. The molecular formula is C23H24ClN5O2. The van der Waals surface area contributed by atoms with Gasteiger partial charge in [-0.15, -0.1) is 0 Å². The van der Waals surface area contributed by atoms with Gasteiger partial charge in [0.1, 0.15) is 23.2 Å². The van der Waals surface area contributed by atoms with Crippen molar-refractivity contribution >= 4 is 45.4 Å². The normalized spacial score (nSPS) is 17.2. The van der Waals surface area contributed by atoms with Crippen LogP contribution in [0.3, 0.4) is 0 Å². The number of piperidine rings is 1. The van der Waals surface area contributed by atoms with E-state index in [-0.39, 0.29) is 18.1 Å². The summed E-state index contributed by atoms with van der Waals surface area (Å²) in [6, 6.07) is 11.4. The van der Waals surface area contributed by atoms with E-state index in [9.17, 15) is 5.11 Å². The Morgan fingerprint density at radius 1 is 1.13 bits per heavy atom. The molecule has 5 rings (SSSR count). The predicted molar refractivity (Wildman–Crippen MR) is 125 cm³/mol. The molecule has 3 N–H and O–H groups in total. The molecule has 2 aromatic carbocycles. The quantitative estimate of drug-likeness (QED) is 0.535. The molecule has 0 unspecified atom stereocenters. The topological polar surface area (TPSA) is 88.5 Å². The Morgan fingerprint density at radius 3 is 2.71 bits per heavy atom. The molecule has 0 bridgehead atoms. The molecule has 3 heterocycles. The highest BCUT2D eigenvalue weighted by atomic mass is 35.5. The number of hydrogen-bond acceptors (Lipinski definition) is 5. The highest BCUT2D eigenvalue weighted by Gasteiger charge is 2.33. The molecule has 2 aliphatic rings. The number of H-pyrrole nitrogens is 1. The molecule has 8 heteroatoms. The Balaban J connectivity index is 1.47. The van der Waals surface area contributed by atoms with E-state index in [0.717, 1.165) is 24.1 Å². The summed E-state index contributed by atoms with van der Waals surface area (Å²) in [4.78, 5) is 12.0. The molecule has 1 aromatic heterocycles. The maximum Gasteiger partial charge on any atom is 0.145 e. The van der Waals surface area contributed by atoms with Gasteiger partial charge >= 0.3 is 0 Å². The summed E-state index contributed by atoms with van der Waals surface area (Å²) in [7, 11) is 1.57. The smallest absolute Gasteiger partial charge is 0.145 e. The molecule has 1 fully saturated rings. The zero-order valence-corrected chi connectivity index (χ0v) is 18.0. The number of anilines is 2. The lowest BCUT2D eigenvalue weighted by molar-refractivity contribution is 0.406. The van der Waals surface area contributed by atoms with Crippen LogP contribution in [-0.4, -0.2) is 47.7 Å². The monoisotopic (exact) mass is 437 g/mol. The van der Waals surface area contributed by atoms with Gasteiger partial charge in [0.15, 0.2) is 0 Å². The first-order chi connectivity index (χ1) is 15.0. The van der Waals surface area contributed by atoms with Crippen LogP contribution in [0.5, 0.6) is 5.75 Å². The fraction of sp³-hybridized carbons (Fsp3) is 0.304. The lowest BCUT2D eigenvalue weighted by atomic mass is 10.1. The first-order valence-corrected chi connectivity index (χ1v) is 10.8. The summed E-state index contributed by atoms with van der Waals surface area (Å²) >= 11 is 6.17. The summed E-state index contributed by atoms with van der Waals surface area (Å²) in [6.45, 7) is 2.29.